The molecule has 8 nitrogen and oxygen atoms in total. The molecular formula is C26H22N4O4. The predicted molar refractivity (Wildman–Crippen MR) is 130 cm³/mol. The summed E-state index contributed by atoms with van der Waals surface area (Å²) in [6.07, 6.45) is 3.53. The molecular weight excluding hydrogens is 432 g/mol. The summed E-state index contributed by atoms with van der Waals surface area (Å²) in [4.78, 5) is 30.3. The van der Waals surface area contributed by atoms with E-state index < -0.39 is 0 Å². The fourth-order valence-corrected chi connectivity index (χ4v) is 3.96. The normalized spacial score (nSPS) is 11.0. The summed E-state index contributed by atoms with van der Waals surface area (Å²) in [6.45, 7) is 0.336. The Morgan fingerprint density at radius 3 is 2.35 bits per heavy atom. The molecule has 0 saturated carbocycles. The molecule has 5 rings (SSSR count). The number of hydrogen-bond donors (Lipinski definition) is 1. The van der Waals surface area contributed by atoms with Gasteiger partial charge in [0.15, 0.2) is 5.65 Å². The Hall–Kier alpha value is -4.59. The zero-order valence-corrected chi connectivity index (χ0v) is 18.7. The highest BCUT2D eigenvalue weighted by Crippen LogP contribution is 2.26. The average molecular weight is 454 g/mol. The first-order valence-corrected chi connectivity index (χ1v) is 10.7. The molecule has 3 heterocycles. The van der Waals surface area contributed by atoms with Crippen LogP contribution in [-0.2, 0) is 6.54 Å². The van der Waals surface area contributed by atoms with E-state index in [-0.39, 0.29) is 11.5 Å². The van der Waals surface area contributed by atoms with Gasteiger partial charge in [-0.2, -0.15) is 0 Å². The second kappa shape index (κ2) is 8.74. The second-order valence-electron chi connectivity index (χ2n) is 7.75. The van der Waals surface area contributed by atoms with Gasteiger partial charge in [0.1, 0.15) is 17.0 Å². The van der Waals surface area contributed by atoms with E-state index in [0.29, 0.717) is 40.5 Å². The van der Waals surface area contributed by atoms with Gasteiger partial charge in [0.25, 0.3) is 11.5 Å². The molecule has 0 radical (unpaired) electrons. The molecule has 1 N–H and O–H groups in total. The van der Waals surface area contributed by atoms with Gasteiger partial charge in [0.05, 0.1) is 26.3 Å². The highest BCUT2D eigenvalue weighted by Gasteiger charge is 2.13. The van der Waals surface area contributed by atoms with Crippen LogP contribution in [0, 0.1) is 0 Å². The Morgan fingerprint density at radius 2 is 1.65 bits per heavy atom. The fraction of sp³-hybridized carbons (Fsp3) is 0.115. The minimum absolute atomic E-state index is 0.120. The van der Waals surface area contributed by atoms with Crippen molar-refractivity contribution >= 4 is 28.3 Å². The largest absolute Gasteiger partial charge is 0.497 e. The zero-order chi connectivity index (χ0) is 23.7. The number of carbonyl (C=O) groups excluding carboxylic acids is 1. The summed E-state index contributed by atoms with van der Waals surface area (Å²) in [7, 11) is 3.11. The van der Waals surface area contributed by atoms with E-state index in [1.54, 1.807) is 61.4 Å². The molecule has 0 atom stereocenters. The maximum absolute atomic E-state index is 13.1. The lowest BCUT2D eigenvalue weighted by molar-refractivity contribution is 0.102. The Kier molecular flexibility index (Phi) is 5.47. The molecule has 0 aliphatic carbocycles. The van der Waals surface area contributed by atoms with Crippen molar-refractivity contribution in [2.75, 3.05) is 19.5 Å². The third-order valence-corrected chi connectivity index (χ3v) is 5.66. The number of rotatable bonds is 6. The fourth-order valence-electron chi connectivity index (χ4n) is 3.96. The molecule has 170 valence electrons. The van der Waals surface area contributed by atoms with Crippen LogP contribution >= 0.6 is 0 Å². The second-order valence-corrected chi connectivity index (χ2v) is 7.75. The van der Waals surface area contributed by atoms with Crippen LogP contribution in [0.5, 0.6) is 11.5 Å². The number of benzene rings is 2. The van der Waals surface area contributed by atoms with E-state index >= 15 is 0 Å². The highest BCUT2D eigenvalue weighted by atomic mass is 16.5. The summed E-state index contributed by atoms with van der Waals surface area (Å²) in [6, 6.07) is 19.7. The molecule has 1 amide bonds. The third-order valence-electron chi connectivity index (χ3n) is 5.66. The number of pyridine rings is 1. The molecule has 5 aromatic rings. The van der Waals surface area contributed by atoms with Gasteiger partial charge in [-0.3, -0.25) is 14.2 Å². The van der Waals surface area contributed by atoms with Crippen molar-refractivity contribution in [2.24, 2.45) is 0 Å². The maximum atomic E-state index is 13.1. The van der Waals surface area contributed by atoms with E-state index in [2.05, 4.69) is 10.3 Å². The van der Waals surface area contributed by atoms with Crippen LogP contribution in [0.4, 0.5) is 5.69 Å². The zero-order valence-electron chi connectivity index (χ0n) is 18.7. The van der Waals surface area contributed by atoms with Crippen molar-refractivity contribution in [3.8, 4) is 11.5 Å². The molecule has 34 heavy (non-hydrogen) atoms. The van der Waals surface area contributed by atoms with Crippen LogP contribution in [-0.4, -0.2) is 34.1 Å². The van der Waals surface area contributed by atoms with Gasteiger partial charge in [-0.1, -0.05) is 12.1 Å². The van der Waals surface area contributed by atoms with Gasteiger partial charge >= 0.3 is 0 Å². The number of hydrogen-bond acceptors (Lipinski definition) is 5. The molecule has 0 saturated heterocycles. The number of methoxy groups -OCH3 is 2. The molecule has 2 aromatic carbocycles. The number of anilines is 1. The summed E-state index contributed by atoms with van der Waals surface area (Å²) >= 11 is 0. The summed E-state index contributed by atoms with van der Waals surface area (Å²) in [5.41, 5.74) is 3.86. The quantitative estimate of drug-likeness (QED) is 0.420. The van der Waals surface area contributed by atoms with E-state index in [4.69, 9.17) is 9.47 Å². The van der Waals surface area contributed by atoms with Gasteiger partial charge in [-0.15, -0.1) is 0 Å². The Balaban J connectivity index is 1.41. The van der Waals surface area contributed by atoms with Crippen molar-refractivity contribution in [3.63, 3.8) is 0 Å². The SMILES string of the molecule is COc1cc(NC(=O)c2ccc(Cn3c(=O)c4cccn4c4cccnc43)cc2)cc(OC)c1. The molecule has 0 fully saturated rings. The van der Waals surface area contributed by atoms with Crippen molar-refractivity contribution < 1.29 is 14.3 Å². The van der Waals surface area contributed by atoms with E-state index in [9.17, 15) is 9.59 Å². The molecule has 8 heteroatoms. The standard InChI is InChI=1S/C26H22N4O4/c1-33-20-13-19(14-21(15-20)34-2)28-25(31)18-9-7-17(8-10-18)16-30-24-22(5-3-11-27-24)29-12-4-6-23(29)26(30)32/h3-15H,16H2,1-2H3,(H,28,31). The van der Waals surface area contributed by atoms with Crippen LogP contribution in [0.15, 0.2) is 83.9 Å². The lowest BCUT2D eigenvalue weighted by Crippen LogP contribution is -2.24. The molecule has 0 spiro atoms. The van der Waals surface area contributed by atoms with Gasteiger partial charge in [0.2, 0.25) is 0 Å². The number of aromatic nitrogens is 3. The average Bonchev–Trinajstić information content (AvgIpc) is 3.37. The predicted octanol–water partition coefficient (Wildman–Crippen LogP) is 3.97. The minimum Gasteiger partial charge on any atom is -0.497 e. The van der Waals surface area contributed by atoms with Crippen molar-refractivity contribution in [3.05, 3.63) is 101 Å². The van der Waals surface area contributed by atoms with Gasteiger partial charge in [-0.25, -0.2) is 4.98 Å². The van der Waals surface area contributed by atoms with Crippen LogP contribution in [0.2, 0.25) is 0 Å². The van der Waals surface area contributed by atoms with Gasteiger partial charge < -0.3 is 19.2 Å². The van der Waals surface area contributed by atoms with E-state index in [1.807, 2.05) is 40.9 Å². The van der Waals surface area contributed by atoms with E-state index in [0.717, 1.165) is 11.1 Å². The van der Waals surface area contributed by atoms with Crippen LogP contribution in [0.25, 0.3) is 16.7 Å². The number of nitrogens with one attached hydrogen (secondary N) is 1. The number of carbonyl (C=O) groups is 1. The first kappa shape index (κ1) is 21.3. The first-order chi connectivity index (χ1) is 16.6. The number of ether oxygens (including phenoxy) is 2. The maximum Gasteiger partial charge on any atom is 0.276 e. The summed E-state index contributed by atoms with van der Waals surface area (Å²) in [5.74, 6) is 0.896. The van der Waals surface area contributed by atoms with Crippen LogP contribution < -0.4 is 20.3 Å². The third kappa shape index (κ3) is 3.86. The minimum atomic E-state index is -0.263. The Morgan fingerprint density at radius 1 is 0.941 bits per heavy atom. The Labute approximate surface area is 195 Å². The number of amides is 1. The van der Waals surface area contributed by atoms with Crippen molar-refractivity contribution in [1.29, 1.82) is 0 Å². The van der Waals surface area contributed by atoms with Crippen LogP contribution in [0.1, 0.15) is 15.9 Å². The lowest BCUT2D eigenvalue weighted by atomic mass is 10.1. The first-order valence-electron chi connectivity index (χ1n) is 10.7. The summed E-state index contributed by atoms with van der Waals surface area (Å²) in [5, 5.41) is 2.86. The monoisotopic (exact) mass is 454 g/mol. The molecule has 3 aromatic heterocycles. The van der Waals surface area contributed by atoms with Gasteiger partial charge in [-0.05, 0) is 42.0 Å². The van der Waals surface area contributed by atoms with Crippen LogP contribution in [0.3, 0.4) is 0 Å². The topological polar surface area (TPSA) is 86.9 Å². The lowest BCUT2D eigenvalue weighted by Gasteiger charge is -2.12. The highest BCUT2D eigenvalue weighted by molar-refractivity contribution is 6.04. The van der Waals surface area contributed by atoms with Gasteiger partial charge in [0, 0.05) is 41.8 Å². The van der Waals surface area contributed by atoms with E-state index in [1.165, 1.54) is 0 Å². The van der Waals surface area contributed by atoms with Crippen molar-refractivity contribution in [2.45, 2.75) is 6.54 Å². The molecule has 0 unspecified atom stereocenters. The van der Waals surface area contributed by atoms with Crippen molar-refractivity contribution in [1.82, 2.24) is 14.0 Å². The molecule has 0 aliphatic rings. The molecule has 0 bridgehead atoms. The smallest absolute Gasteiger partial charge is 0.276 e. The molecule has 0 aliphatic heterocycles. The summed E-state index contributed by atoms with van der Waals surface area (Å²) < 4.78 is 14.0. The number of fused-ring (bicyclic) bond motifs is 3. The Bertz CT molecular complexity index is 1550. The number of nitrogens with zero attached hydrogens (tertiary/aromatic N) is 3.